The van der Waals surface area contributed by atoms with Crippen molar-refractivity contribution in [1.82, 2.24) is 0 Å². The van der Waals surface area contributed by atoms with Crippen molar-refractivity contribution < 1.29 is 4.42 Å². The summed E-state index contributed by atoms with van der Waals surface area (Å²) in [6.07, 6.45) is 9.91. The first-order valence-electron chi connectivity index (χ1n) is 20.6. The first-order valence-corrected chi connectivity index (χ1v) is 21.4. The molecule has 0 amide bonds. The molecule has 0 saturated carbocycles. The second kappa shape index (κ2) is 15.5. The normalized spacial score (nSPS) is 11.9. The van der Waals surface area contributed by atoms with Crippen LogP contribution in [0.25, 0.3) is 97.4 Å². The highest BCUT2D eigenvalue weighted by molar-refractivity contribution is 7.26. The summed E-state index contributed by atoms with van der Waals surface area (Å²) >= 11 is 1.87. The van der Waals surface area contributed by atoms with Gasteiger partial charge in [-0.3, -0.25) is 0 Å². The van der Waals surface area contributed by atoms with E-state index in [2.05, 4.69) is 206 Å². The van der Waals surface area contributed by atoms with E-state index in [1.165, 1.54) is 64.3 Å². The standard InChI is InChI=1S/C58H39NOS/c1-2-3-4-12-36-59(46-32-26-41(27-33-46)48-18-13-19-50-49-16-9-11-21-56(49)61-58(48)50)45-30-24-39(25-31-45)43-28-34-47(40-14-6-5-7-15-40)52(37-43)44-23-22-42-29-35-55-57(53(42)38-44)51-17-8-10-20-54(51)60-55/h2-38H,1H2/b4-3-,36-12-. The van der Waals surface area contributed by atoms with E-state index >= 15 is 0 Å². The van der Waals surface area contributed by atoms with Gasteiger partial charge in [0, 0.05) is 48.5 Å². The molecule has 0 atom stereocenters. The van der Waals surface area contributed by atoms with Crippen molar-refractivity contribution >= 4 is 75.6 Å². The lowest BCUT2D eigenvalue weighted by Gasteiger charge is -2.22. The average molecular weight is 798 g/mol. The fraction of sp³-hybridized carbons (Fsp3) is 0. The topological polar surface area (TPSA) is 16.4 Å². The van der Waals surface area contributed by atoms with E-state index in [-0.39, 0.29) is 0 Å². The molecule has 2 aromatic heterocycles. The maximum Gasteiger partial charge on any atom is 0.136 e. The van der Waals surface area contributed by atoms with Gasteiger partial charge in [0.05, 0.1) is 0 Å². The lowest BCUT2D eigenvalue weighted by molar-refractivity contribution is 0.669. The predicted molar refractivity (Wildman–Crippen MR) is 263 cm³/mol. The molecule has 2 heterocycles. The van der Waals surface area contributed by atoms with Crippen molar-refractivity contribution in [3.63, 3.8) is 0 Å². The van der Waals surface area contributed by atoms with Gasteiger partial charge in [0.15, 0.2) is 0 Å². The molecule has 288 valence electrons. The van der Waals surface area contributed by atoms with Crippen LogP contribution >= 0.6 is 11.3 Å². The van der Waals surface area contributed by atoms with E-state index in [0.717, 1.165) is 44.4 Å². The van der Waals surface area contributed by atoms with Gasteiger partial charge in [-0.05, 0) is 116 Å². The zero-order valence-corrected chi connectivity index (χ0v) is 34.1. The molecule has 0 aliphatic heterocycles. The number of para-hydroxylation sites is 1. The molecule has 0 N–H and O–H groups in total. The number of nitrogens with zero attached hydrogens (tertiary/aromatic N) is 1. The average Bonchev–Trinajstić information content (AvgIpc) is 3.91. The molecule has 3 heteroatoms. The van der Waals surface area contributed by atoms with Crippen LogP contribution in [-0.2, 0) is 0 Å². The van der Waals surface area contributed by atoms with E-state index < -0.39 is 0 Å². The largest absolute Gasteiger partial charge is 0.456 e. The SMILES string of the molecule is C=C/C=C\C=C/N(c1ccc(-c2ccc(-c3ccccc3)c(-c3ccc4ccc5oc6ccccc6c5c4c3)c2)cc1)c1ccc(-c2cccc3c2sc2ccccc23)cc1. The number of fused-ring (bicyclic) bond motifs is 8. The molecule has 0 spiro atoms. The minimum atomic E-state index is 0.907. The van der Waals surface area contributed by atoms with Crippen LogP contribution in [0.15, 0.2) is 236 Å². The van der Waals surface area contributed by atoms with Gasteiger partial charge in [0.25, 0.3) is 0 Å². The van der Waals surface area contributed by atoms with Crippen molar-refractivity contribution in [3.05, 3.63) is 231 Å². The smallest absolute Gasteiger partial charge is 0.136 e. The first-order chi connectivity index (χ1) is 30.2. The van der Waals surface area contributed by atoms with Gasteiger partial charge in [-0.15, -0.1) is 11.3 Å². The van der Waals surface area contributed by atoms with Crippen molar-refractivity contribution in [1.29, 1.82) is 0 Å². The Morgan fingerprint density at radius 1 is 0.426 bits per heavy atom. The fourth-order valence-corrected chi connectivity index (χ4v) is 9.97. The van der Waals surface area contributed by atoms with Crippen LogP contribution in [0.3, 0.4) is 0 Å². The summed E-state index contributed by atoms with van der Waals surface area (Å²) in [5.41, 5.74) is 13.5. The minimum Gasteiger partial charge on any atom is -0.456 e. The summed E-state index contributed by atoms with van der Waals surface area (Å²) in [5, 5.41) is 7.30. The number of hydrogen-bond acceptors (Lipinski definition) is 3. The van der Waals surface area contributed by atoms with Gasteiger partial charge in [0.1, 0.15) is 11.2 Å². The number of anilines is 2. The number of furan rings is 1. The fourth-order valence-electron chi connectivity index (χ4n) is 8.73. The Kier molecular flexibility index (Phi) is 9.22. The van der Waals surface area contributed by atoms with Crippen molar-refractivity contribution in [2.45, 2.75) is 0 Å². The van der Waals surface area contributed by atoms with Gasteiger partial charge < -0.3 is 9.32 Å². The highest BCUT2D eigenvalue weighted by Gasteiger charge is 2.16. The van der Waals surface area contributed by atoms with E-state index in [9.17, 15) is 0 Å². The highest BCUT2D eigenvalue weighted by Crippen LogP contribution is 2.42. The number of benzene rings is 9. The Morgan fingerprint density at radius 2 is 1.10 bits per heavy atom. The first kappa shape index (κ1) is 36.4. The second-order valence-corrected chi connectivity index (χ2v) is 16.4. The molecule has 0 fully saturated rings. The van der Waals surface area contributed by atoms with Gasteiger partial charge >= 0.3 is 0 Å². The van der Waals surface area contributed by atoms with Gasteiger partial charge in [-0.2, -0.15) is 0 Å². The summed E-state index contributed by atoms with van der Waals surface area (Å²) in [6, 6.07) is 70.1. The van der Waals surface area contributed by atoms with Crippen molar-refractivity contribution in [2.75, 3.05) is 4.90 Å². The quantitative estimate of drug-likeness (QED) is 0.135. The molecule has 0 aliphatic rings. The Hall–Kier alpha value is -7.72. The number of hydrogen-bond donors (Lipinski definition) is 0. The Balaban J connectivity index is 0.967. The van der Waals surface area contributed by atoms with E-state index in [0.29, 0.717) is 0 Å². The summed E-state index contributed by atoms with van der Waals surface area (Å²) in [5.74, 6) is 0. The third kappa shape index (κ3) is 6.62. The lowest BCUT2D eigenvalue weighted by atomic mass is 9.89. The monoisotopic (exact) mass is 797 g/mol. The molecule has 0 radical (unpaired) electrons. The van der Waals surface area contributed by atoms with E-state index in [4.69, 9.17) is 4.42 Å². The molecule has 9 aromatic carbocycles. The third-order valence-corrected chi connectivity index (χ3v) is 12.9. The molecule has 11 rings (SSSR count). The predicted octanol–water partition coefficient (Wildman–Crippen LogP) is 17.2. The number of allylic oxidation sites excluding steroid dienone is 4. The van der Waals surface area contributed by atoms with Crippen LogP contribution in [0.2, 0.25) is 0 Å². The van der Waals surface area contributed by atoms with Crippen LogP contribution in [0.4, 0.5) is 11.4 Å². The molecule has 0 aliphatic carbocycles. The minimum absolute atomic E-state index is 0.907. The number of rotatable bonds is 9. The van der Waals surface area contributed by atoms with E-state index in [1.54, 1.807) is 6.08 Å². The molecular weight excluding hydrogens is 759 g/mol. The van der Waals surface area contributed by atoms with Crippen LogP contribution < -0.4 is 4.90 Å². The zero-order valence-electron chi connectivity index (χ0n) is 33.3. The van der Waals surface area contributed by atoms with Crippen LogP contribution in [0.5, 0.6) is 0 Å². The zero-order chi connectivity index (χ0) is 40.7. The summed E-state index contributed by atoms with van der Waals surface area (Å²) in [7, 11) is 0. The van der Waals surface area contributed by atoms with Gasteiger partial charge in [-0.1, -0.05) is 164 Å². The Morgan fingerprint density at radius 3 is 1.92 bits per heavy atom. The Bertz CT molecular complexity index is 3480. The van der Waals surface area contributed by atoms with Gasteiger partial charge in [-0.25, -0.2) is 0 Å². The molecule has 0 bridgehead atoms. The number of thiophene rings is 1. The molecule has 0 unspecified atom stereocenters. The third-order valence-electron chi connectivity index (χ3n) is 11.7. The van der Waals surface area contributed by atoms with Crippen molar-refractivity contribution in [2.24, 2.45) is 0 Å². The maximum atomic E-state index is 6.30. The molecule has 11 aromatic rings. The second-order valence-electron chi connectivity index (χ2n) is 15.3. The molecular formula is C58H39NOS. The summed E-state index contributed by atoms with van der Waals surface area (Å²) in [4.78, 5) is 2.24. The van der Waals surface area contributed by atoms with Crippen LogP contribution in [0, 0.1) is 0 Å². The molecule has 2 nitrogen and oxygen atoms in total. The maximum absolute atomic E-state index is 6.30. The van der Waals surface area contributed by atoms with Crippen LogP contribution in [0.1, 0.15) is 0 Å². The van der Waals surface area contributed by atoms with Crippen molar-refractivity contribution in [3.8, 4) is 44.5 Å². The highest BCUT2D eigenvalue weighted by atomic mass is 32.1. The summed E-state index contributed by atoms with van der Waals surface area (Å²) in [6.45, 7) is 3.85. The van der Waals surface area contributed by atoms with Gasteiger partial charge in [0.2, 0.25) is 0 Å². The summed E-state index contributed by atoms with van der Waals surface area (Å²) < 4.78 is 8.93. The van der Waals surface area contributed by atoms with Crippen LogP contribution in [-0.4, -0.2) is 0 Å². The lowest BCUT2D eigenvalue weighted by Crippen LogP contribution is -2.08. The van der Waals surface area contributed by atoms with E-state index in [1.807, 2.05) is 35.6 Å². The molecule has 61 heavy (non-hydrogen) atoms. The Labute approximate surface area is 358 Å². The molecule has 0 saturated heterocycles.